The molecule has 0 amide bonds. The molecule has 0 aliphatic heterocycles. The Morgan fingerprint density at radius 3 is 2.94 bits per heavy atom. The molecule has 2 aromatic heterocycles. The lowest BCUT2D eigenvalue weighted by molar-refractivity contribution is 0.178. The molecule has 0 bridgehead atoms. The summed E-state index contributed by atoms with van der Waals surface area (Å²) in [6.07, 6.45) is 1.07. The van der Waals surface area contributed by atoms with Crippen molar-refractivity contribution in [2.24, 2.45) is 0 Å². The van der Waals surface area contributed by atoms with E-state index in [-0.39, 0.29) is 0 Å². The molecule has 5 heteroatoms. The van der Waals surface area contributed by atoms with Crippen LogP contribution < -0.4 is 5.32 Å². The first-order chi connectivity index (χ1) is 8.83. The molecule has 0 aliphatic carbocycles. The van der Waals surface area contributed by atoms with E-state index in [1.165, 1.54) is 0 Å². The van der Waals surface area contributed by atoms with Gasteiger partial charge in [-0.3, -0.25) is 0 Å². The predicted octanol–water partition coefficient (Wildman–Crippen LogP) is 3.17. The topological polar surface area (TPSA) is 47.0 Å². The monoisotopic (exact) mass is 263 g/mol. The summed E-state index contributed by atoms with van der Waals surface area (Å²) in [5, 5.41) is 7.43. The molecular weight excluding hydrogens is 246 g/mol. The molecule has 2 heterocycles. The van der Waals surface area contributed by atoms with E-state index in [9.17, 15) is 0 Å². The molecule has 1 N–H and O–H groups in total. The molecule has 4 nitrogen and oxygen atoms in total. The van der Waals surface area contributed by atoms with Gasteiger partial charge in [0.15, 0.2) is 5.82 Å². The molecule has 0 aliphatic rings. The first kappa shape index (κ1) is 13.0. The zero-order valence-electron chi connectivity index (χ0n) is 10.6. The van der Waals surface area contributed by atoms with E-state index in [4.69, 9.17) is 4.74 Å². The summed E-state index contributed by atoms with van der Waals surface area (Å²) in [6.45, 7) is 3.47. The molecule has 0 spiro atoms. The van der Waals surface area contributed by atoms with E-state index in [2.05, 4.69) is 33.7 Å². The second kappa shape index (κ2) is 6.47. The Hall–Kier alpha value is -1.46. The van der Waals surface area contributed by atoms with Gasteiger partial charge >= 0.3 is 0 Å². The highest BCUT2D eigenvalue weighted by Crippen LogP contribution is 2.22. The molecule has 2 aromatic rings. The zero-order valence-corrected chi connectivity index (χ0v) is 11.5. The highest BCUT2D eigenvalue weighted by molar-refractivity contribution is 7.08. The van der Waals surface area contributed by atoms with E-state index in [0.717, 1.165) is 30.0 Å². The van der Waals surface area contributed by atoms with Gasteiger partial charge in [0.25, 0.3) is 0 Å². The number of nitrogens with zero attached hydrogens (tertiary/aromatic N) is 2. The standard InChI is InChI=1S/C13H17N3OS/c1-3-5-14-12-7-11(10-4-6-18-9-10)15-13(16-12)8-17-2/h4,6-7,9H,3,5,8H2,1-2H3,(H,14,15,16). The number of nitrogens with one attached hydrogen (secondary N) is 1. The lowest BCUT2D eigenvalue weighted by Gasteiger charge is -2.08. The average Bonchev–Trinajstić information content (AvgIpc) is 2.90. The van der Waals surface area contributed by atoms with Gasteiger partial charge in [-0.2, -0.15) is 11.3 Å². The van der Waals surface area contributed by atoms with Gasteiger partial charge in [-0.1, -0.05) is 6.92 Å². The van der Waals surface area contributed by atoms with Gasteiger partial charge in [0, 0.05) is 30.7 Å². The third-order valence-electron chi connectivity index (χ3n) is 2.42. The second-order valence-electron chi connectivity index (χ2n) is 3.93. The SMILES string of the molecule is CCCNc1cc(-c2ccsc2)nc(COC)n1. The van der Waals surface area contributed by atoms with Crippen LogP contribution in [0.5, 0.6) is 0 Å². The lowest BCUT2D eigenvalue weighted by atomic mass is 10.2. The number of aromatic nitrogens is 2. The summed E-state index contributed by atoms with van der Waals surface area (Å²) in [7, 11) is 1.65. The number of ether oxygens (including phenoxy) is 1. The molecule has 0 aromatic carbocycles. The van der Waals surface area contributed by atoms with Gasteiger partial charge < -0.3 is 10.1 Å². The minimum Gasteiger partial charge on any atom is -0.377 e. The summed E-state index contributed by atoms with van der Waals surface area (Å²) in [5.74, 6) is 1.57. The van der Waals surface area contributed by atoms with Crippen LogP contribution in [0.4, 0.5) is 5.82 Å². The highest BCUT2D eigenvalue weighted by Gasteiger charge is 2.06. The zero-order chi connectivity index (χ0) is 12.8. The highest BCUT2D eigenvalue weighted by atomic mass is 32.1. The Morgan fingerprint density at radius 2 is 2.28 bits per heavy atom. The summed E-state index contributed by atoms with van der Waals surface area (Å²) in [6, 6.07) is 4.05. The van der Waals surface area contributed by atoms with Crippen molar-refractivity contribution in [3.8, 4) is 11.3 Å². The van der Waals surface area contributed by atoms with Crippen molar-refractivity contribution in [1.29, 1.82) is 0 Å². The summed E-state index contributed by atoms with van der Waals surface area (Å²) >= 11 is 1.67. The lowest BCUT2D eigenvalue weighted by Crippen LogP contribution is -2.06. The molecular formula is C13H17N3OS. The number of thiophene rings is 1. The Bertz CT molecular complexity index is 485. The molecule has 0 saturated carbocycles. The third-order valence-corrected chi connectivity index (χ3v) is 3.10. The van der Waals surface area contributed by atoms with E-state index >= 15 is 0 Å². The van der Waals surface area contributed by atoms with Crippen LogP contribution in [0.25, 0.3) is 11.3 Å². The van der Waals surface area contributed by atoms with Crippen LogP contribution in [0.2, 0.25) is 0 Å². The van der Waals surface area contributed by atoms with Crippen LogP contribution in [0.3, 0.4) is 0 Å². The van der Waals surface area contributed by atoms with E-state index in [1.54, 1.807) is 18.4 Å². The van der Waals surface area contributed by atoms with Gasteiger partial charge in [0.05, 0.1) is 5.69 Å². The number of hydrogen-bond donors (Lipinski definition) is 1. The van der Waals surface area contributed by atoms with Crippen molar-refractivity contribution in [3.63, 3.8) is 0 Å². The number of methoxy groups -OCH3 is 1. The number of hydrogen-bond acceptors (Lipinski definition) is 5. The molecule has 2 rings (SSSR count). The van der Waals surface area contributed by atoms with Crippen molar-refractivity contribution in [1.82, 2.24) is 9.97 Å². The van der Waals surface area contributed by atoms with Gasteiger partial charge in [-0.15, -0.1) is 0 Å². The molecule has 0 fully saturated rings. The van der Waals surface area contributed by atoms with Crippen LogP contribution in [0, 0.1) is 0 Å². The summed E-state index contributed by atoms with van der Waals surface area (Å²) < 4.78 is 5.11. The van der Waals surface area contributed by atoms with E-state index < -0.39 is 0 Å². The van der Waals surface area contributed by atoms with E-state index in [1.807, 2.05) is 11.4 Å². The maximum atomic E-state index is 5.11. The Balaban J connectivity index is 2.30. The van der Waals surface area contributed by atoms with Gasteiger partial charge in [-0.05, 0) is 17.9 Å². The predicted molar refractivity (Wildman–Crippen MR) is 74.8 cm³/mol. The largest absolute Gasteiger partial charge is 0.377 e. The molecule has 96 valence electrons. The maximum Gasteiger partial charge on any atom is 0.157 e. The Morgan fingerprint density at radius 1 is 1.39 bits per heavy atom. The Labute approximate surface area is 111 Å². The van der Waals surface area contributed by atoms with Crippen LogP contribution in [-0.4, -0.2) is 23.6 Å². The van der Waals surface area contributed by atoms with Gasteiger partial charge in [0.2, 0.25) is 0 Å². The quantitative estimate of drug-likeness (QED) is 0.869. The minimum absolute atomic E-state index is 0.429. The minimum atomic E-state index is 0.429. The fraction of sp³-hybridized carbons (Fsp3) is 0.385. The van der Waals surface area contributed by atoms with Crippen LogP contribution >= 0.6 is 11.3 Å². The molecule has 0 saturated heterocycles. The first-order valence-electron chi connectivity index (χ1n) is 5.97. The first-order valence-corrected chi connectivity index (χ1v) is 6.91. The van der Waals surface area contributed by atoms with Crippen molar-refractivity contribution in [2.45, 2.75) is 20.0 Å². The van der Waals surface area contributed by atoms with Crippen molar-refractivity contribution >= 4 is 17.2 Å². The van der Waals surface area contributed by atoms with Crippen molar-refractivity contribution in [3.05, 3.63) is 28.7 Å². The Kier molecular flexibility index (Phi) is 4.66. The molecule has 0 unspecified atom stereocenters. The summed E-state index contributed by atoms with van der Waals surface area (Å²) in [5.41, 5.74) is 2.07. The summed E-state index contributed by atoms with van der Waals surface area (Å²) in [4.78, 5) is 8.93. The van der Waals surface area contributed by atoms with Gasteiger partial charge in [0.1, 0.15) is 12.4 Å². The fourth-order valence-electron chi connectivity index (χ4n) is 1.59. The third kappa shape index (κ3) is 3.27. The molecule has 0 radical (unpaired) electrons. The van der Waals surface area contributed by atoms with Crippen molar-refractivity contribution < 1.29 is 4.74 Å². The molecule has 18 heavy (non-hydrogen) atoms. The van der Waals surface area contributed by atoms with Crippen LogP contribution in [0.1, 0.15) is 19.2 Å². The number of rotatable bonds is 6. The van der Waals surface area contributed by atoms with Crippen molar-refractivity contribution in [2.75, 3.05) is 19.0 Å². The fourth-order valence-corrected chi connectivity index (χ4v) is 2.24. The number of anilines is 1. The van der Waals surface area contributed by atoms with E-state index in [0.29, 0.717) is 12.4 Å². The van der Waals surface area contributed by atoms with Crippen LogP contribution in [-0.2, 0) is 11.3 Å². The maximum absolute atomic E-state index is 5.11. The average molecular weight is 263 g/mol. The second-order valence-corrected chi connectivity index (χ2v) is 4.71. The molecule has 0 atom stereocenters. The smallest absolute Gasteiger partial charge is 0.157 e. The normalized spacial score (nSPS) is 10.6. The van der Waals surface area contributed by atoms with Gasteiger partial charge in [-0.25, -0.2) is 9.97 Å². The van der Waals surface area contributed by atoms with Crippen LogP contribution in [0.15, 0.2) is 22.9 Å².